The minimum Gasteiger partial charge on any atom is -0.497 e. The van der Waals surface area contributed by atoms with Crippen molar-refractivity contribution in [2.75, 3.05) is 12.8 Å². The Hall–Kier alpha value is -2.20. The summed E-state index contributed by atoms with van der Waals surface area (Å²) in [5, 5.41) is 0.510. The van der Waals surface area contributed by atoms with E-state index in [2.05, 4.69) is 4.98 Å². The molecule has 0 saturated heterocycles. The summed E-state index contributed by atoms with van der Waals surface area (Å²) in [6.45, 7) is 0. The molecule has 5 heteroatoms. The summed E-state index contributed by atoms with van der Waals surface area (Å²) in [7, 11) is 1.64. The average molecular weight is 274 g/mol. The van der Waals surface area contributed by atoms with E-state index >= 15 is 0 Å². The van der Waals surface area contributed by atoms with Crippen LogP contribution in [0.25, 0.3) is 16.9 Å². The van der Waals surface area contributed by atoms with Crippen molar-refractivity contribution in [3.05, 3.63) is 47.7 Å². The SMILES string of the molecule is COc1cccc(-c2cn3ccc(Cl)c(N)c3n2)c1. The number of pyridine rings is 1. The van der Waals surface area contributed by atoms with Gasteiger partial charge in [-0.2, -0.15) is 0 Å². The summed E-state index contributed by atoms with van der Waals surface area (Å²) in [5.74, 6) is 0.792. The van der Waals surface area contributed by atoms with Gasteiger partial charge < -0.3 is 14.9 Å². The largest absolute Gasteiger partial charge is 0.497 e. The first-order chi connectivity index (χ1) is 9.19. The number of fused-ring (bicyclic) bond motifs is 1. The van der Waals surface area contributed by atoms with Crippen molar-refractivity contribution in [1.82, 2.24) is 9.38 Å². The molecule has 1 aromatic carbocycles. The monoisotopic (exact) mass is 273 g/mol. The molecule has 3 aromatic rings. The van der Waals surface area contributed by atoms with E-state index < -0.39 is 0 Å². The maximum atomic E-state index is 5.99. The van der Waals surface area contributed by atoms with Gasteiger partial charge in [0, 0.05) is 18.0 Å². The fraction of sp³-hybridized carbons (Fsp3) is 0.0714. The minimum absolute atomic E-state index is 0.485. The summed E-state index contributed by atoms with van der Waals surface area (Å²) in [6.07, 6.45) is 3.75. The molecule has 19 heavy (non-hydrogen) atoms. The van der Waals surface area contributed by atoms with E-state index in [-0.39, 0.29) is 0 Å². The van der Waals surface area contributed by atoms with Gasteiger partial charge in [0.2, 0.25) is 0 Å². The number of imidazole rings is 1. The van der Waals surface area contributed by atoms with Crippen LogP contribution in [0.5, 0.6) is 5.75 Å². The van der Waals surface area contributed by atoms with E-state index in [1.54, 1.807) is 13.2 Å². The first-order valence-corrected chi connectivity index (χ1v) is 6.14. The molecule has 2 N–H and O–H groups in total. The fourth-order valence-corrected chi connectivity index (χ4v) is 2.11. The number of nitrogens with two attached hydrogens (primary N) is 1. The molecule has 3 rings (SSSR count). The second-order valence-corrected chi connectivity index (χ2v) is 4.57. The molecule has 0 radical (unpaired) electrons. The number of methoxy groups -OCH3 is 1. The maximum absolute atomic E-state index is 5.99. The smallest absolute Gasteiger partial charge is 0.162 e. The second kappa shape index (κ2) is 4.48. The van der Waals surface area contributed by atoms with Gasteiger partial charge in [-0.3, -0.25) is 0 Å². The zero-order chi connectivity index (χ0) is 13.4. The number of benzene rings is 1. The van der Waals surface area contributed by atoms with Gasteiger partial charge in [0.1, 0.15) is 5.75 Å². The molecule has 0 aliphatic rings. The van der Waals surface area contributed by atoms with Crippen molar-refractivity contribution < 1.29 is 4.74 Å². The highest BCUT2D eigenvalue weighted by Gasteiger charge is 2.09. The predicted octanol–water partition coefficient (Wildman–Crippen LogP) is 3.25. The van der Waals surface area contributed by atoms with Gasteiger partial charge in [0.25, 0.3) is 0 Å². The Morgan fingerprint density at radius 3 is 2.95 bits per heavy atom. The Labute approximate surface area is 115 Å². The van der Waals surface area contributed by atoms with Gasteiger partial charge in [-0.25, -0.2) is 4.98 Å². The molecular weight excluding hydrogens is 262 g/mol. The van der Waals surface area contributed by atoms with E-state index in [1.165, 1.54) is 0 Å². The Bertz CT molecular complexity index is 752. The molecule has 0 bridgehead atoms. The highest BCUT2D eigenvalue weighted by atomic mass is 35.5. The van der Waals surface area contributed by atoms with Crippen molar-refractivity contribution in [2.45, 2.75) is 0 Å². The Morgan fingerprint density at radius 1 is 1.32 bits per heavy atom. The zero-order valence-electron chi connectivity index (χ0n) is 10.3. The molecule has 0 amide bonds. The van der Waals surface area contributed by atoms with Crippen molar-refractivity contribution >= 4 is 22.9 Å². The Kier molecular flexibility index (Phi) is 2.80. The summed E-state index contributed by atoms with van der Waals surface area (Å²) in [4.78, 5) is 4.52. The number of rotatable bonds is 2. The Balaban J connectivity index is 2.17. The fourth-order valence-electron chi connectivity index (χ4n) is 1.97. The van der Waals surface area contributed by atoms with Gasteiger partial charge in [-0.15, -0.1) is 0 Å². The molecule has 2 aromatic heterocycles. The molecule has 0 spiro atoms. The van der Waals surface area contributed by atoms with Crippen LogP contribution in [0.4, 0.5) is 5.69 Å². The molecule has 0 fully saturated rings. The number of hydrogen-bond donors (Lipinski definition) is 1. The molecule has 0 aliphatic heterocycles. The average Bonchev–Trinajstić information content (AvgIpc) is 2.88. The Morgan fingerprint density at radius 2 is 2.16 bits per heavy atom. The van der Waals surface area contributed by atoms with Crippen LogP contribution in [0, 0.1) is 0 Å². The predicted molar refractivity (Wildman–Crippen MR) is 76.6 cm³/mol. The third-order valence-corrected chi connectivity index (χ3v) is 3.31. The molecule has 4 nitrogen and oxygen atoms in total. The van der Waals surface area contributed by atoms with E-state index in [1.807, 2.05) is 41.1 Å². The topological polar surface area (TPSA) is 52.5 Å². The summed E-state index contributed by atoms with van der Waals surface area (Å²) in [5.41, 5.74) is 8.87. The molecule has 0 saturated carbocycles. The first kappa shape index (κ1) is 11.9. The van der Waals surface area contributed by atoms with Crippen LogP contribution in [0.15, 0.2) is 42.7 Å². The summed E-state index contributed by atoms with van der Waals surface area (Å²) in [6, 6.07) is 9.47. The molecule has 0 atom stereocenters. The number of hydrogen-bond acceptors (Lipinski definition) is 3. The van der Waals surface area contributed by atoms with Crippen LogP contribution >= 0.6 is 11.6 Å². The summed E-state index contributed by atoms with van der Waals surface area (Å²) >= 11 is 5.99. The minimum atomic E-state index is 0.485. The van der Waals surface area contributed by atoms with Crippen molar-refractivity contribution in [3.8, 4) is 17.0 Å². The first-order valence-electron chi connectivity index (χ1n) is 5.76. The lowest BCUT2D eigenvalue weighted by Gasteiger charge is -2.01. The normalized spacial score (nSPS) is 10.8. The van der Waals surface area contributed by atoms with E-state index in [0.717, 1.165) is 17.0 Å². The van der Waals surface area contributed by atoms with Crippen LogP contribution < -0.4 is 10.5 Å². The molecule has 96 valence electrons. The molecule has 0 unspecified atom stereocenters. The van der Waals surface area contributed by atoms with Crippen LogP contribution in [0.2, 0.25) is 5.02 Å². The lowest BCUT2D eigenvalue weighted by atomic mass is 10.1. The van der Waals surface area contributed by atoms with Crippen LogP contribution in [-0.4, -0.2) is 16.5 Å². The van der Waals surface area contributed by atoms with E-state index in [9.17, 15) is 0 Å². The maximum Gasteiger partial charge on any atom is 0.162 e. The van der Waals surface area contributed by atoms with Crippen molar-refractivity contribution in [1.29, 1.82) is 0 Å². The van der Waals surface area contributed by atoms with Crippen LogP contribution in [0.3, 0.4) is 0 Å². The number of ether oxygens (including phenoxy) is 1. The lowest BCUT2D eigenvalue weighted by molar-refractivity contribution is 0.415. The standard InChI is InChI=1S/C14H12ClN3O/c1-19-10-4-2-3-9(7-10)12-8-18-6-5-11(15)13(16)14(18)17-12/h2-8H,16H2,1H3. The second-order valence-electron chi connectivity index (χ2n) is 4.17. The van der Waals surface area contributed by atoms with Crippen LogP contribution in [0.1, 0.15) is 0 Å². The highest BCUT2D eigenvalue weighted by Crippen LogP contribution is 2.27. The van der Waals surface area contributed by atoms with Gasteiger partial charge in [-0.05, 0) is 18.2 Å². The number of aromatic nitrogens is 2. The zero-order valence-corrected chi connectivity index (χ0v) is 11.1. The van der Waals surface area contributed by atoms with Crippen molar-refractivity contribution in [2.24, 2.45) is 0 Å². The van der Waals surface area contributed by atoms with Crippen molar-refractivity contribution in [3.63, 3.8) is 0 Å². The number of nitrogen functional groups attached to an aromatic ring is 1. The third kappa shape index (κ3) is 2.00. The quantitative estimate of drug-likeness (QED) is 0.780. The van der Waals surface area contributed by atoms with E-state index in [4.69, 9.17) is 22.1 Å². The number of nitrogens with zero attached hydrogens (tertiary/aromatic N) is 2. The third-order valence-electron chi connectivity index (χ3n) is 2.98. The molecule has 2 heterocycles. The number of anilines is 1. The van der Waals surface area contributed by atoms with Crippen LogP contribution in [-0.2, 0) is 0 Å². The lowest BCUT2D eigenvalue weighted by Crippen LogP contribution is -1.92. The highest BCUT2D eigenvalue weighted by molar-refractivity contribution is 6.33. The number of halogens is 1. The molecule has 0 aliphatic carbocycles. The molecular formula is C14H12ClN3O. The summed E-state index contributed by atoms with van der Waals surface area (Å²) < 4.78 is 7.07. The van der Waals surface area contributed by atoms with Gasteiger partial charge in [0.05, 0.1) is 23.5 Å². The van der Waals surface area contributed by atoms with E-state index in [0.29, 0.717) is 16.4 Å². The van der Waals surface area contributed by atoms with Gasteiger partial charge in [0.15, 0.2) is 5.65 Å². The van der Waals surface area contributed by atoms with Gasteiger partial charge in [-0.1, -0.05) is 23.7 Å². The van der Waals surface area contributed by atoms with Gasteiger partial charge >= 0.3 is 0 Å².